The number of carbonyl (C=O) groups is 3. The van der Waals surface area contributed by atoms with Gasteiger partial charge in [-0.1, -0.05) is 0 Å². The molecular weight excluding hydrogens is 366 g/mol. The van der Waals surface area contributed by atoms with Crippen molar-refractivity contribution in [2.75, 3.05) is 25.1 Å². The fourth-order valence-corrected chi connectivity index (χ4v) is 3.21. The largest absolute Gasteiger partial charge is 0.463 e. The normalized spacial score (nSPS) is 18.2. The van der Waals surface area contributed by atoms with Crippen LogP contribution in [0.5, 0.6) is 0 Å². The van der Waals surface area contributed by atoms with E-state index in [4.69, 9.17) is 8.83 Å². The molecule has 0 bridgehead atoms. The van der Waals surface area contributed by atoms with E-state index in [0.29, 0.717) is 11.5 Å². The van der Waals surface area contributed by atoms with Crippen molar-refractivity contribution in [2.24, 2.45) is 0 Å². The zero-order chi connectivity index (χ0) is 19.7. The molecule has 2 saturated heterocycles. The van der Waals surface area contributed by atoms with E-state index in [2.05, 4.69) is 15.0 Å². The highest BCUT2D eigenvalue weighted by atomic mass is 16.5. The SMILES string of the molecule is COC(=O)c1ccc(CN2C(=O)NC(=Cc3ccc(N4CCCC4)o3)C2=O)o1. The summed E-state index contributed by atoms with van der Waals surface area (Å²) in [4.78, 5) is 39.3. The molecule has 0 spiro atoms. The Bertz CT molecular complexity index is 951. The van der Waals surface area contributed by atoms with Gasteiger partial charge in [0, 0.05) is 25.2 Å². The third-order valence-electron chi connectivity index (χ3n) is 4.64. The van der Waals surface area contributed by atoms with Crippen LogP contribution in [-0.4, -0.2) is 43.0 Å². The number of anilines is 1. The summed E-state index contributed by atoms with van der Waals surface area (Å²) in [5, 5.41) is 2.53. The van der Waals surface area contributed by atoms with Crippen molar-refractivity contribution in [3.63, 3.8) is 0 Å². The number of esters is 1. The number of urea groups is 1. The summed E-state index contributed by atoms with van der Waals surface area (Å²) >= 11 is 0. The van der Waals surface area contributed by atoms with Crippen molar-refractivity contribution in [3.8, 4) is 0 Å². The van der Waals surface area contributed by atoms with E-state index in [-0.39, 0.29) is 18.0 Å². The van der Waals surface area contributed by atoms with Crippen LogP contribution in [0.3, 0.4) is 0 Å². The standard InChI is InChI=1S/C19H19N3O6/c1-26-18(24)15-6-4-13(27-15)11-22-17(23)14(20-19(22)25)10-12-5-7-16(28-12)21-8-2-3-9-21/h4-7,10H,2-3,8-9,11H2,1H3,(H,20,25). The molecule has 146 valence electrons. The summed E-state index contributed by atoms with van der Waals surface area (Å²) in [6, 6.07) is 5.99. The minimum atomic E-state index is -0.629. The second-order valence-corrected chi connectivity index (χ2v) is 6.51. The van der Waals surface area contributed by atoms with E-state index >= 15 is 0 Å². The molecule has 0 saturated carbocycles. The first-order valence-corrected chi connectivity index (χ1v) is 8.91. The number of nitrogens with one attached hydrogen (secondary N) is 1. The summed E-state index contributed by atoms with van der Waals surface area (Å²) in [5.74, 6) is 0.405. The zero-order valence-electron chi connectivity index (χ0n) is 15.3. The summed E-state index contributed by atoms with van der Waals surface area (Å²) in [6.07, 6.45) is 3.76. The van der Waals surface area contributed by atoms with Gasteiger partial charge in [0.15, 0.2) is 5.88 Å². The number of carbonyl (C=O) groups excluding carboxylic acids is 3. The first-order chi connectivity index (χ1) is 13.5. The molecule has 2 fully saturated rings. The van der Waals surface area contributed by atoms with Crippen LogP contribution in [0.1, 0.15) is 34.9 Å². The highest BCUT2D eigenvalue weighted by Crippen LogP contribution is 2.25. The summed E-state index contributed by atoms with van der Waals surface area (Å²) < 4.78 is 15.7. The summed E-state index contributed by atoms with van der Waals surface area (Å²) in [7, 11) is 1.24. The smallest absolute Gasteiger partial charge is 0.373 e. The van der Waals surface area contributed by atoms with Crippen molar-refractivity contribution in [1.29, 1.82) is 0 Å². The highest BCUT2D eigenvalue weighted by Gasteiger charge is 2.34. The van der Waals surface area contributed by atoms with Gasteiger partial charge in [-0.25, -0.2) is 9.59 Å². The number of nitrogens with zero attached hydrogens (tertiary/aromatic N) is 2. The van der Waals surface area contributed by atoms with Crippen LogP contribution in [0.2, 0.25) is 0 Å². The van der Waals surface area contributed by atoms with Gasteiger partial charge in [0.25, 0.3) is 5.91 Å². The molecule has 2 aliphatic rings. The van der Waals surface area contributed by atoms with Gasteiger partial charge in [0.05, 0.1) is 13.7 Å². The van der Waals surface area contributed by atoms with Crippen LogP contribution in [-0.2, 0) is 16.1 Å². The Balaban J connectivity index is 1.47. The number of amides is 3. The molecule has 0 aliphatic carbocycles. The van der Waals surface area contributed by atoms with Gasteiger partial charge in [0.2, 0.25) is 5.76 Å². The van der Waals surface area contributed by atoms with Gasteiger partial charge in [-0.05, 0) is 31.0 Å². The van der Waals surface area contributed by atoms with Crippen molar-refractivity contribution >= 4 is 29.9 Å². The van der Waals surface area contributed by atoms with Crippen LogP contribution in [0.15, 0.2) is 38.8 Å². The number of ether oxygens (including phenoxy) is 1. The third-order valence-corrected chi connectivity index (χ3v) is 4.64. The van der Waals surface area contributed by atoms with Crippen molar-refractivity contribution in [1.82, 2.24) is 10.2 Å². The number of hydrogen-bond acceptors (Lipinski definition) is 7. The Morgan fingerprint density at radius 1 is 1.18 bits per heavy atom. The van der Waals surface area contributed by atoms with E-state index in [1.54, 1.807) is 6.07 Å². The number of imide groups is 1. The van der Waals surface area contributed by atoms with Crippen molar-refractivity contribution in [3.05, 3.63) is 47.2 Å². The molecule has 0 radical (unpaired) electrons. The predicted molar refractivity (Wildman–Crippen MR) is 97.3 cm³/mol. The van der Waals surface area contributed by atoms with Gasteiger partial charge in [0.1, 0.15) is 17.2 Å². The van der Waals surface area contributed by atoms with E-state index in [1.165, 1.54) is 25.3 Å². The topological polar surface area (TPSA) is 105 Å². The van der Waals surface area contributed by atoms with Gasteiger partial charge >= 0.3 is 12.0 Å². The molecule has 0 aromatic carbocycles. The Hall–Kier alpha value is -3.49. The van der Waals surface area contributed by atoms with Crippen molar-refractivity contribution < 1.29 is 28.0 Å². The summed E-state index contributed by atoms with van der Waals surface area (Å²) in [6.45, 7) is 1.80. The monoisotopic (exact) mass is 385 g/mol. The lowest BCUT2D eigenvalue weighted by atomic mass is 10.3. The molecular formula is C19H19N3O6. The van der Waals surface area contributed by atoms with Gasteiger partial charge < -0.3 is 23.8 Å². The third kappa shape index (κ3) is 3.38. The van der Waals surface area contributed by atoms with Crippen LogP contribution in [0, 0.1) is 0 Å². The molecule has 9 nitrogen and oxygen atoms in total. The average Bonchev–Trinajstić information content (AvgIpc) is 3.47. The maximum Gasteiger partial charge on any atom is 0.373 e. The van der Waals surface area contributed by atoms with Crippen LogP contribution in [0.4, 0.5) is 10.7 Å². The molecule has 0 atom stereocenters. The van der Waals surface area contributed by atoms with E-state index < -0.39 is 17.9 Å². The molecule has 4 heterocycles. The summed E-state index contributed by atoms with van der Waals surface area (Å²) in [5.41, 5.74) is 0.118. The molecule has 2 aromatic heterocycles. The first kappa shape index (κ1) is 17.9. The number of rotatable bonds is 5. The zero-order valence-corrected chi connectivity index (χ0v) is 15.3. The molecule has 1 N–H and O–H groups in total. The Morgan fingerprint density at radius 3 is 2.71 bits per heavy atom. The highest BCUT2D eigenvalue weighted by molar-refractivity contribution is 6.13. The van der Waals surface area contributed by atoms with E-state index in [0.717, 1.165) is 36.7 Å². The van der Waals surface area contributed by atoms with Crippen LogP contribution in [0.25, 0.3) is 6.08 Å². The fraction of sp³-hybridized carbons (Fsp3) is 0.316. The number of methoxy groups -OCH3 is 1. The molecule has 2 aromatic rings. The Morgan fingerprint density at radius 2 is 1.96 bits per heavy atom. The molecule has 9 heteroatoms. The minimum absolute atomic E-state index is 0.00495. The van der Waals surface area contributed by atoms with Gasteiger partial charge in [-0.2, -0.15) is 0 Å². The number of furan rings is 2. The van der Waals surface area contributed by atoms with Gasteiger partial charge in [-0.3, -0.25) is 9.69 Å². The lowest BCUT2D eigenvalue weighted by molar-refractivity contribution is -0.123. The quantitative estimate of drug-likeness (QED) is 0.478. The predicted octanol–water partition coefficient (Wildman–Crippen LogP) is 2.35. The maximum absolute atomic E-state index is 12.6. The van der Waals surface area contributed by atoms with Crippen LogP contribution >= 0.6 is 0 Å². The molecule has 0 unspecified atom stereocenters. The second kappa shape index (κ2) is 7.26. The molecule has 28 heavy (non-hydrogen) atoms. The lowest BCUT2D eigenvalue weighted by Crippen LogP contribution is -2.30. The van der Waals surface area contributed by atoms with E-state index in [1.807, 2.05) is 6.07 Å². The van der Waals surface area contributed by atoms with Gasteiger partial charge in [-0.15, -0.1) is 0 Å². The molecule has 2 aliphatic heterocycles. The fourth-order valence-electron chi connectivity index (χ4n) is 3.21. The molecule has 3 amide bonds. The second-order valence-electron chi connectivity index (χ2n) is 6.51. The number of hydrogen-bond donors (Lipinski definition) is 1. The Kier molecular flexibility index (Phi) is 4.64. The van der Waals surface area contributed by atoms with Crippen molar-refractivity contribution in [2.45, 2.75) is 19.4 Å². The minimum Gasteiger partial charge on any atom is -0.463 e. The molecule has 4 rings (SSSR count). The van der Waals surface area contributed by atoms with Crippen LogP contribution < -0.4 is 10.2 Å². The average molecular weight is 385 g/mol. The maximum atomic E-state index is 12.6. The van der Waals surface area contributed by atoms with E-state index in [9.17, 15) is 14.4 Å². The Labute approximate surface area is 160 Å². The first-order valence-electron chi connectivity index (χ1n) is 8.91. The lowest BCUT2D eigenvalue weighted by Gasteiger charge is -2.12.